The Labute approximate surface area is 195 Å². The highest BCUT2D eigenvalue weighted by Crippen LogP contribution is 2.37. The highest BCUT2D eigenvalue weighted by Gasteiger charge is 2.43. The van der Waals surface area contributed by atoms with Gasteiger partial charge in [-0.1, -0.05) is 36.4 Å². The normalized spacial score (nSPS) is 22.5. The van der Waals surface area contributed by atoms with E-state index in [1.54, 1.807) is 4.90 Å². The summed E-state index contributed by atoms with van der Waals surface area (Å²) in [5.74, 6) is 0.110. The van der Waals surface area contributed by atoms with Crippen molar-refractivity contribution in [1.29, 1.82) is 0 Å². The minimum absolute atomic E-state index is 0.0967. The maximum absolute atomic E-state index is 13.8. The van der Waals surface area contributed by atoms with Crippen molar-refractivity contribution in [2.24, 2.45) is 5.92 Å². The molecule has 0 N–H and O–H groups in total. The van der Waals surface area contributed by atoms with Crippen LogP contribution in [0.15, 0.2) is 54.6 Å². The van der Waals surface area contributed by atoms with Crippen molar-refractivity contribution >= 4 is 23.4 Å². The molecule has 2 saturated heterocycles. The fourth-order valence-electron chi connectivity index (χ4n) is 5.47. The van der Waals surface area contributed by atoms with Crippen LogP contribution in [0.4, 0.5) is 16.2 Å². The molecule has 0 aliphatic carbocycles. The minimum atomic E-state index is -0.284. The molecule has 3 aliphatic rings. The summed E-state index contributed by atoms with van der Waals surface area (Å²) in [5.41, 5.74) is 3.74. The van der Waals surface area contributed by atoms with Crippen LogP contribution in [0.1, 0.15) is 12.5 Å². The van der Waals surface area contributed by atoms with E-state index in [0.717, 1.165) is 26.1 Å². The zero-order valence-electron chi connectivity index (χ0n) is 19.2. The van der Waals surface area contributed by atoms with Crippen molar-refractivity contribution in [2.75, 3.05) is 62.2 Å². The van der Waals surface area contributed by atoms with Crippen molar-refractivity contribution < 1.29 is 14.3 Å². The largest absolute Gasteiger partial charge is 0.450 e. The average molecular weight is 449 g/mol. The van der Waals surface area contributed by atoms with Crippen LogP contribution in [0.2, 0.25) is 0 Å². The Morgan fingerprint density at radius 1 is 0.879 bits per heavy atom. The SMILES string of the molecule is CCOC(=O)N1CCN(C(=O)C2Cc3ccccc3N3CCN(c4ccccc4)CC23)CC1. The van der Waals surface area contributed by atoms with Gasteiger partial charge in [-0.25, -0.2) is 4.79 Å². The van der Waals surface area contributed by atoms with E-state index in [2.05, 4.69) is 58.3 Å². The molecule has 3 aliphatic heterocycles. The number of amides is 2. The predicted octanol–water partition coefficient (Wildman–Crippen LogP) is 2.85. The van der Waals surface area contributed by atoms with Gasteiger partial charge in [0.05, 0.1) is 18.6 Å². The van der Waals surface area contributed by atoms with Crippen LogP contribution in [0, 0.1) is 5.92 Å². The molecule has 2 unspecified atom stereocenters. The van der Waals surface area contributed by atoms with Gasteiger partial charge in [-0.05, 0) is 37.1 Å². The van der Waals surface area contributed by atoms with E-state index in [-0.39, 0.29) is 24.0 Å². The lowest BCUT2D eigenvalue weighted by atomic mass is 9.82. The number of carbonyl (C=O) groups is 2. The summed E-state index contributed by atoms with van der Waals surface area (Å²) in [4.78, 5) is 34.4. The second-order valence-electron chi connectivity index (χ2n) is 8.99. The molecule has 0 aromatic heterocycles. The second-order valence-corrected chi connectivity index (χ2v) is 8.99. The molecule has 2 aromatic carbocycles. The van der Waals surface area contributed by atoms with Crippen LogP contribution in [0.5, 0.6) is 0 Å². The second kappa shape index (κ2) is 9.33. The Morgan fingerprint density at radius 2 is 1.58 bits per heavy atom. The molecular weight excluding hydrogens is 416 g/mol. The molecule has 174 valence electrons. The van der Waals surface area contributed by atoms with Crippen molar-refractivity contribution in [3.8, 4) is 0 Å². The molecule has 0 radical (unpaired) electrons. The fourth-order valence-corrected chi connectivity index (χ4v) is 5.47. The number of carbonyl (C=O) groups excluding carboxylic acids is 2. The predicted molar refractivity (Wildman–Crippen MR) is 129 cm³/mol. The minimum Gasteiger partial charge on any atom is -0.450 e. The van der Waals surface area contributed by atoms with E-state index in [4.69, 9.17) is 4.74 Å². The van der Waals surface area contributed by atoms with Crippen molar-refractivity contribution in [1.82, 2.24) is 9.80 Å². The molecular formula is C26H32N4O3. The third-order valence-corrected chi connectivity index (χ3v) is 7.18. The van der Waals surface area contributed by atoms with Crippen LogP contribution in [0.25, 0.3) is 0 Å². The number of anilines is 2. The first-order chi connectivity index (χ1) is 16.2. The first-order valence-electron chi connectivity index (χ1n) is 12.0. The quantitative estimate of drug-likeness (QED) is 0.723. The highest BCUT2D eigenvalue weighted by molar-refractivity contribution is 5.83. The number of fused-ring (bicyclic) bond motifs is 3. The molecule has 2 amide bonds. The Hall–Kier alpha value is -3.22. The van der Waals surface area contributed by atoms with Gasteiger partial charge in [0.1, 0.15) is 0 Å². The lowest BCUT2D eigenvalue weighted by Crippen LogP contribution is -2.62. The first-order valence-corrected chi connectivity index (χ1v) is 12.0. The summed E-state index contributed by atoms with van der Waals surface area (Å²) in [6, 6.07) is 19.1. The van der Waals surface area contributed by atoms with Gasteiger partial charge in [0, 0.05) is 57.2 Å². The van der Waals surface area contributed by atoms with Crippen LogP contribution in [0.3, 0.4) is 0 Å². The molecule has 2 aromatic rings. The molecule has 0 spiro atoms. The zero-order valence-corrected chi connectivity index (χ0v) is 19.2. The van der Waals surface area contributed by atoms with Crippen molar-refractivity contribution in [2.45, 2.75) is 19.4 Å². The summed E-state index contributed by atoms with van der Waals surface area (Å²) in [6.07, 6.45) is 0.477. The smallest absolute Gasteiger partial charge is 0.409 e. The molecule has 7 nitrogen and oxygen atoms in total. The summed E-state index contributed by atoms with van der Waals surface area (Å²) in [5, 5.41) is 0. The Bertz CT molecular complexity index is 990. The maximum Gasteiger partial charge on any atom is 0.409 e. The lowest BCUT2D eigenvalue weighted by molar-refractivity contribution is -0.138. The van der Waals surface area contributed by atoms with Crippen LogP contribution in [-0.4, -0.2) is 80.3 Å². The highest BCUT2D eigenvalue weighted by atomic mass is 16.6. The van der Waals surface area contributed by atoms with E-state index < -0.39 is 0 Å². The third-order valence-electron chi connectivity index (χ3n) is 7.18. The van der Waals surface area contributed by atoms with E-state index in [9.17, 15) is 9.59 Å². The maximum atomic E-state index is 13.8. The third kappa shape index (κ3) is 4.24. The lowest BCUT2D eigenvalue weighted by Gasteiger charge is -2.50. The summed E-state index contributed by atoms with van der Waals surface area (Å²) in [7, 11) is 0. The molecule has 0 saturated carbocycles. The van der Waals surface area contributed by atoms with Crippen molar-refractivity contribution in [3.05, 3.63) is 60.2 Å². The summed E-state index contributed by atoms with van der Waals surface area (Å²) in [6.45, 7) is 7.03. The molecule has 3 heterocycles. The Morgan fingerprint density at radius 3 is 2.33 bits per heavy atom. The monoisotopic (exact) mass is 448 g/mol. The average Bonchev–Trinajstić information content (AvgIpc) is 2.88. The van der Waals surface area contributed by atoms with Crippen molar-refractivity contribution in [3.63, 3.8) is 0 Å². The van der Waals surface area contributed by atoms with E-state index in [1.807, 2.05) is 17.9 Å². The number of nitrogens with zero attached hydrogens (tertiary/aromatic N) is 4. The number of hydrogen-bond acceptors (Lipinski definition) is 5. The van der Waals surface area contributed by atoms with Gasteiger partial charge < -0.3 is 24.3 Å². The van der Waals surface area contributed by atoms with E-state index >= 15 is 0 Å². The van der Waals surface area contributed by atoms with Gasteiger partial charge in [0.25, 0.3) is 0 Å². The van der Waals surface area contributed by atoms with Crippen LogP contribution in [-0.2, 0) is 16.0 Å². The van der Waals surface area contributed by atoms with Gasteiger partial charge in [-0.2, -0.15) is 0 Å². The Kier molecular flexibility index (Phi) is 6.11. The van der Waals surface area contributed by atoms with Gasteiger partial charge in [-0.3, -0.25) is 4.79 Å². The fraction of sp³-hybridized carbons (Fsp3) is 0.462. The number of piperazine rings is 2. The topological polar surface area (TPSA) is 56.3 Å². The number of benzene rings is 2. The number of para-hydroxylation sites is 2. The van der Waals surface area contributed by atoms with Crippen LogP contribution < -0.4 is 9.80 Å². The first kappa shape index (κ1) is 21.6. The molecule has 33 heavy (non-hydrogen) atoms. The van der Waals surface area contributed by atoms with Gasteiger partial charge >= 0.3 is 6.09 Å². The number of rotatable bonds is 3. The number of hydrogen-bond donors (Lipinski definition) is 0. The van der Waals surface area contributed by atoms with E-state index in [1.165, 1.54) is 16.9 Å². The molecule has 2 atom stereocenters. The molecule has 5 rings (SSSR count). The zero-order chi connectivity index (χ0) is 22.8. The number of ether oxygens (including phenoxy) is 1. The Balaban J connectivity index is 1.35. The molecule has 2 fully saturated rings. The van der Waals surface area contributed by atoms with Gasteiger partial charge in [-0.15, -0.1) is 0 Å². The summed E-state index contributed by atoms with van der Waals surface area (Å²) >= 11 is 0. The van der Waals surface area contributed by atoms with Crippen LogP contribution >= 0.6 is 0 Å². The standard InChI is InChI=1S/C26H32N4O3/c1-2-33-26(32)28-14-12-27(13-15-28)25(31)22-18-20-8-6-7-11-23(20)30-17-16-29(19-24(22)30)21-9-4-3-5-10-21/h3-11,22,24H,2,12-19H2,1H3. The van der Waals surface area contributed by atoms with E-state index in [0.29, 0.717) is 32.8 Å². The summed E-state index contributed by atoms with van der Waals surface area (Å²) < 4.78 is 5.13. The molecule has 0 bridgehead atoms. The van der Waals surface area contributed by atoms with Gasteiger partial charge in [0.15, 0.2) is 0 Å². The van der Waals surface area contributed by atoms with Gasteiger partial charge in [0.2, 0.25) is 5.91 Å². The molecule has 7 heteroatoms.